The van der Waals surface area contributed by atoms with Gasteiger partial charge in [0, 0.05) is 12.1 Å². The number of amides is 1. The van der Waals surface area contributed by atoms with Crippen molar-refractivity contribution in [3.8, 4) is 0 Å². The van der Waals surface area contributed by atoms with E-state index in [1.807, 2.05) is 63.2 Å². The number of nitrogen functional groups attached to an aromatic ring is 1. The highest BCUT2D eigenvalue weighted by atomic mass is 16.6. The van der Waals surface area contributed by atoms with Crippen molar-refractivity contribution in [3.05, 3.63) is 47.2 Å². The van der Waals surface area contributed by atoms with Gasteiger partial charge in [-0.15, -0.1) is 4.68 Å². The number of hydrogen-bond acceptors (Lipinski definition) is 7. The third kappa shape index (κ3) is 3.97. The number of nitrogens with two attached hydrogens (primary N) is 1. The van der Waals surface area contributed by atoms with E-state index >= 15 is 0 Å². The fourth-order valence-electron chi connectivity index (χ4n) is 3.61. The molecule has 0 fully saturated rings. The normalized spacial score (nSPS) is 15.7. The van der Waals surface area contributed by atoms with Crippen molar-refractivity contribution in [1.82, 2.24) is 19.6 Å². The fraction of sp³-hybridized carbons (Fsp3) is 0.476. The van der Waals surface area contributed by atoms with Gasteiger partial charge in [0.2, 0.25) is 0 Å². The van der Waals surface area contributed by atoms with Gasteiger partial charge in [0.15, 0.2) is 0 Å². The van der Waals surface area contributed by atoms with Crippen LogP contribution in [-0.4, -0.2) is 59.0 Å². The molecular formula is C21H29N5O4. The number of rotatable bonds is 5. The summed E-state index contributed by atoms with van der Waals surface area (Å²) in [6, 6.07) is 9.63. The first-order chi connectivity index (χ1) is 14.2. The maximum atomic E-state index is 13.1. The van der Waals surface area contributed by atoms with Gasteiger partial charge < -0.3 is 20.1 Å². The molecule has 0 spiro atoms. The molecule has 1 aromatic carbocycles. The Morgan fingerprint density at radius 1 is 1.23 bits per heavy atom. The Kier molecular flexibility index (Phi) is 6.02. The van der Waals surface area contributed by atoms with Crippen LogP contribution in [0.5, 0.6) is 0 Å². The van der Waals surface area contributed by atoms with Crippen molar-refractivity contribution < 1.29 is 19.1 Å². The first kappa shape index (κ1) is 21.6. The summed E-state index contributed by atoms with van der Waals surface area (Å²) >= 11 is 0. The van der Waals surface area contributed by atoms with Gasteiger partial charge in [-0.3, -0.25) is 4.90 Å². The molecule has 1 aliphatic heterocycles. The van der Waals surface area contributed by atoms with Gasteiger partial charge in [0.1, 0.15) is 11.9 Å². The predicted molar refractivity (Wildman–Crippen MR) is 112 cm³/mol. The SMILES string of the molecule is CCOC(=O)n1nc2c(c1N)CN(C(=O)O[C@H](CN(C)C)c1ccccc1)C2(C)C. The third-order valence-electron chi connectivity index (χ3n) is 5.20. The van der Waals surface area contributed by atoms with E-state index in [-0.39, 0.29) is 19.0 Å². The minimum Gasteiger partial charge on any atom is -0.448 e. The van der Waals surface area contributed by atoms with Crippen molar-refractivity contribution in [2.75, 3.05) is 33.0 Å². The monoisotopic (exact) mass is 415 g/mol. The first-order valence-corrected chi connectivity index (χ1v) is 9.89. The zero-order valence-electron chi connectivity index (χ0n) is 18.1. The summed E-state index contributed by atoms with van der Waals surface area (Å²) in [6.07, 6.45) is -1.52. The number of hydrogen-bond donors (Lipinski definition) is 1. The standard InChI is InChI=1S/C21H29N5O4/c1-6-29-20(28)26-18(22)15-12-25(21(2,3)17(15)23-26)19(27)30-16(13-24(4)5)14-10-8-7-9-11-14/h7-11,16H,6,12-13,22H2,1-5H3/t16-/m1/s1. The first-order valence-electron chi connectivity index (χ1n) is 9.89. The smallest absolute Gasteiger partial charge is 0.436 e. The number of carbonyl (C=O) groups excluding carboxylic acids is 2. The molecule has 3 rings (SSSR count). The maximum absolute atomic E-state index is 13.1. The van der Waals surface area contributed by atoms with Gasteiger partial charge in [0.05, 0.1) is 24.4 Å². The molecule has 9 nitrogen and oxygen atoms in total. The molecule has 0 radical (unpaired) electrons. The zero-order valence-corrected chi connectivity index (χ0v) is 18.1. The number of anilines is 1. The van der Waals surface area contributed by atoms with Gasteiger partial charge in [-0.2, -0.15) is 5.10 Å². The summed E-state index contributed by atoms with van der Waals surface area (Å²) in [5.74, 6) is 0.180. The summed E-state index contributed by atoms with van der Waals surface area (Å²) in [4.78, 5) is 28.8. The van der Waals surface area contributed by atoms with Gasteiger partial charge in [-0.1, -0.05) is 30.3 Å². The van der Waals surface area contributed by atoms with E-state index in [9.17, 15) is 9.59 Å². The van der Waals surface area contributed by atoms with E-state index in [0.29, 0.717) is 17.8 Å². The van der Waals surface area contributed by atoms with Crippen LogP contribution < -0.4 is 5.73 Å². The second-order valence-electron chi connectivity index (χ2n) is 8.01. The van der Waals surface area contributed by atoms with Crippen molar-refractivity contribution in [3.63, 3.8) is 0 Å². The van der Waals surface area contributed by atoms with Crippen LogP contribution in [0.3, 0.4) is 0 Å². The maximum Gasteiger partial charge on any atom is 0.436 e. The van der Waals surface area contributed by atoms with Gasteiger partial charge in [0.25, 0.3) is 0 Å². The molecule has 30 heavy (non-hydrogen) atoms. The van der Waals surface area contributed by atoms with E-state index in [1.54, 1.807) is 11.8 Å². The Hall–Kier alpha value is -3.07. The average molecular weight is 415 g/mol. The predicted octanol–water partition coefficient (Wildman–Crippen LogP) is 2.96. The van der Waals surface area contributed by atoms with Crippen molar-refractivity contribution in [1.29, 1.82) is 0 Å². The molecule has 0 bridgehead atoms. The van der Waals surface area contributed by atoms with Gasteiger partial charge >= 0.3 is 12.2 Å². The number of fused-ring (bicyclic) bond motifs is 1. The minimum absolute atomic E-state index is 0.180. The van der Waals surface area contributed by atoms with Crippen molar-refractivity contribution in [2.45, 2.75) is 39.0 Å². The number of aromatic nitrogens is 2. The number of ether oxygens (including phenoxy) is 2. The van der Waals surface area contributed by atoms with E-state index < -0.39 is 23.8 Å². The highest BCUT2D eigenvalue weighted by Gasteiger charge is 2.46. The molecule has 9 heteroatoms. The molecule has 0 aliphatic carbocycles. The Morgan fingerprint density at radius 3 is 2.47 bits per heavy atom. The lowest BCUT2D eigenvalue weighted by atomic mass is 10.0. The quantitative estimate of drug-likeness (QED) is 0.801. The van der Waals surface area contributed by atoms with E-state index in [1.165, 1.54) is 0 Å². The van der Waals surface area contributed by atoms with E-state index in [2.05, 4.69) is 5.10 Å². The highest BCUT2D eigenvalue weighted by molar-refractivity contribution is 5.77. The number of nitrogens with zero attached hydrogens (tertiary/aromatic N) is 4. The second kappa shape index (κ2) is 8.35. The van der Waals surface area contributed by atoms with Gasteiger partial charge in [-0.05, 0) is 40.4 Å². The van der Waals surface area contributed by atoms with Crippen LogP contribution >= 0.6 is 0 Å². The topological polar surface area (TPSA) is 103 Å². The van der Waals surface area contributed by atoms with Crippen LogP contribution in [0.15, 0.2) is 30.3 Å². The van der Waals surface area contributed by atoms with Crippen molar-refractivity contribution >= 4 is 18.0 Å². The average Bonchev–Trinajstić information content (AvgIpc) is 3.16. The molecule has 2 heterocycles. The molecular weight excluding hydrogens is 386 g/mol. The molecule has 1 aliphatic rings. The third-order valence-corrected chi connectivity index (χ3v) is 5.20. The minimum atomic E-state index is -0.794. The Bertz CT molecular complexity index is 923. The van der Waals surface area contributed by atoms with Crippen LogP contribution in [0.2, 0.25) is 0 Å². The van der Waals surface area contributed by atoms with Crippen LogP contribution in [0.4, 0.5) is 15.4 Å². The fourth-order valence-corrected chi connectivity index (χ4v) is 3.61. The number of benzene rings is 1. The summed E-state index contributed by atoms with van der Waals surface area (Å²) in [6.45, 7) is 6.39. The lowest BCUT2D eigenvalue weighted by Gasteiger charge is -2.33. The second-order valence-corrected chi connectivity index (χ2v) is 8.01. The molecule has 1 aromatic heterocycles. The molecule has 0 saturated carbocycles. The molecule has 0 saturated heterocycles. The molecule has 1 amide bonds. The number of likely N-dealkylation sites (N-methyl/N-ethyl adjacent to an activating group) is 1. The molecule has 2 aromatic rings. The van der Waals surface area contributed by atoms with Crippen LogP contribution in [0.1, 0.15) is 43.7 Å². The largest absolute Gasteiger partial charge is 0.448 e. The summed E-state index contributed by atoms with van der Waals surface area (Å²) in [5, 5.41) is 4.34. The number of carbonyl (C=O) groups is 2. The molecule has 162 valence electrons. The van der Waals surface area contributed by atoms with Crippen LogP contribution in [-0.2, 0) is 21.6 Å². The molecule has 2 N–H and O–H groups in total. The van der Waals surface area contributed by atoms with Crippen molar-refractivity contribution in [2.24, 2.45) is 0 Å². The summed E-state index contributed by atoms with van der Waals surface area (Å²) in [7, 11) is 3.86. The van der Waals surface area contributed by atoms with Crippen LogP contribution in [0.25, 0.3) is 0 Å². The highest BCUT2D eigenvalue weighted by Crippen LogP contribution is 2.41. The zero-order chi connectivity index (χ0) is 22.1. The van der Waals surface area contributed by atoms with E-state index in [0.717, 1.165) is 10.2 Å². The lowest BCUT2D eigenvalue weighted by molar-refractivity contribution is 0.0257. The molecule has 1 atom stereocenters. The van der Waals surface area contributed by atoms with Crippen LogP contribution in [0, 0.1) is 0 Å². The van der Waals surface area contributed by atoms with E-state index in [4.69, 9.17) is 15.2 Å². The van der Waals surface area contributed by atoms with Gasteiger partial charge in [-0.25, -0.2) is 9.59 Å². The Labute approximate surface area is 176 Å². The summed E-state index contributed by atoms with van der Waals surface area (Å²) < 4.78 is 12.0. The Balaban J connectivity index is 1.83. The summed E-state index contributed by atoms with van der Waals surface area (Å²) in [5.41, 5.74) is 7.46. The Morgan fingerprint density at radius 2 is 1.90 bits per heavy atom. The molecule has 0 unspecified atom stereocenters. The lowest BCUT2D eigenvalue weighted by Crippen LogP contribution is -2.42.